The first-order chi connectivity index (χ1) is 11.2. The van der Waals surface area contributed by atoms with Crippen molar-refractivity contribution in [3.8, 4) is 11.8 Å². The maximum absolute atomic E-state index is 10.7. The number of hydrogen-bond acceptors (Lipinski definition) is 2. The van der Waals surface area contributed by atoms with Gasteiger partial charge in [-0.2, -0.15) is 0 Å². The zero-order valence-electron chi connectivity index (χ0n) is 15.2. The van der Waals surface area contributed by atoms with Crippen LogP contribution in [-0.2, 0) is 9.53 Å². The van der Waals surface area contributed by atoms with Gasteiger partial charge in [0.15, 0.2) is 0 Å². The number of carbonyl (C=O) groups is 1. The minimum atomic E-state index is -0.776. The highest BCUT2D eigenvalue weighted by Gasteiger charge is 2.08. The van der Waals surface area contributed by atoms with E-state index in [1.165, 1.54) is 51.4 Å². The molecular weight excluding hydrogens is 288 g/mol. The molecule has 0 aliphatic rings. The lowest BCUT2D eigenvalue weighted by Crippen LogP contribution is -2.13. The Morgan fingerprint density at radius 2 is 1.57 bits per heavy atom. The number of carboxylic acids is 1. The van der Waals surface area contributed by atoms with Crippen molar-refractivity contribution >= 4 is 5.97 Å². The highest BCUT2D eigenvalue weighted by atomic mass is 16.5. The Bertz CT molecular complexity index is 328. The van der Waals surface area contributed by atoms with E-state index in [0.717, 1.165) is 19.3 Å². The van der Waals surface area contributed by atoms with Crippen molar-refractivity contribution in [2.24, 2.45) is 0 Å². The molecule has 0 amide bonds. The molecule has 1 N–H and O–H groups in total. The van der Waals surface area contributed by atoms with E-state index in [4.69, 9.17) is 9.84 Å². The van der Waals surface area contributed by atoms with Crippen molar-refractivity contribution in [2.75, 3.05) is 6.61 Å². The molecule has 0 aliphatic heterocycles. The van der Waals surface area contributed by atoms with E-state index in [2.05, 4.69) is 25.7 Å². The number of ether oxygens (including phenoxy) is 1. The first-order valence-corrected chi connectivity index (χ1v) is 9.52. The van der Waals surface area contributed by atoms with Crippen LogP contribution in [0.3, 0.4) is 0 Å². The molecule has 1 atom stereocenters. The molecule has 0 saturated carbocycles. The van der Waals surface area contributed by atoms with E-state index in [1.807, 2.05) is 0 Å². The van der Waals surface area contributed by atoms with Crippen LogP contribution in [0.25, 0.3) is 0 Å². The van der Waals surface area contributed by atoms with E-state index in [-0.39, 0.29) is 12.5 Å². The second kappa shape index (κ2) is 17.3. The second-order valence-electron chi connectivity index (χ2n) is 6.19. The van der Waals surface area contributed by atoms with Gasteiger partial charge >= 0.3 is 5.97 Å². The lowest BCUT2D eigenvalue weighted by Gasteiger charge is -2.11. The number of aliphatic carboxylic acids is 1. The average Bonchev–Trinajstić information content (AvgIpc) is 2.53. The molecule has 3 heteroatoms. The fraction of sp³-hybridized carbons (Fsp3) is 0.850. The molecule has 0 aliphatic carbocycles. The van der Waals surface area contributed by atoms with Crippen LogP contribution >= 0.6 is 0 Å². The summed E-state index contributed by atoms with van der Waals surface area (Å²) in [5.74, 6) is 5.54. The minimum Gasteiger partial charge on any atom is -0.481 e. The minimum absolute atomic E-state index is 0.130. The second-order valence-corrected chi connectivity index (χ2v) is 6.19. The fourth-order valence-corrected chi connectivity index (χ4v) is 2.39. The largest absolute Gasteiger partial charge is 0.481 e. The molecule has 0 saturated heterocycles. The monoisotopic (exact) mass is 324 g/mol. The van der Waals surface area contributed by atoms with Gasteiger partial charge in [0.25, 0.3) is 0 Å². The Morgan fingerprint density at radius 1 is 0.957 bits per heavy atom. The van der Waals surface area contributed by atoms with Crippen molar-refractivity contribution in [3.05, 3.63) is 0 Å². The summed E-state index contributed by atoms with van der Waals surface area (Å²) in [6.45, 7) is 5.10. The first-order valence-electron chi connectivity index (χ1n) is 9.52. The van der Waals surface area contributed by atoms with Crippen LogP contribution in [0, 0.1) is 11.8 Å². The SMILES string of the molecule is CCCCCCCCC#C[C@H](CCC(=O)O)OCCCCCC. The van der Waals surface area contributed by atoms with Crippen molar-refractivity contribution < 1.29 is 14.6 Å². The number of rotatable bonds is 15. The Morgan fingerprint density at radius 3 is 2.22 bits per heavy atom. The molecular formula is C20H36O3. The van der Waals surface area contributed by atoms with Crippen LogP contribution in [0.4, 0.5) is 0 Å². The predicted octanol–water partition coefficient (Wildman–Crippen LogP) is 5.57. The Labute approximate surface area is 143 Å². The molecule has 3 nitrogen and oxygen atoms in total. The van der Waals surface area contributed by atoms with E-state index in [9.17, 15) is 4.79 Å². The summed E-state index contributed by atoms with van der Waals surface area (Å²) in [4.78, 5) is 10.7. The number of unbranched alkanes of at least 4 members (excludes halogenated alkanes) is 9. The van der Waals surface area contributed by atoms with Gasteiger partial charge in [0.2, 0.25) is 0 Å². The summed E-state index contributed by atoms with van der Waals surface area (Å²) in [7, 11) is 0. The lowest BCUT2D eigenvalue weighted by atomic mass is 10.1. The fourth-order valence-electron chi connectivity index (χ4n) is 2.39. The third-order valence-electron chi connectivity index (χ3n) is 3.86. The zero-order valence-corrected chi connectivity index (χ0v) is 15.2. The summed E-state index contributed by atoms with van der Waals surface area (Å²) >= 11 is 0. The van der Waals surface area contributed by atoms with E-state index in [0.29, 0.717) is 13.0 Å². The van der Waals surface area contributed by atoms with Gasteiger partial charge < -0.3 is 9.84 Å². The van der Waals surface area contributed by atoms with Crippen LogP contribution in [0.15, 0.2) is 0 Å². The lowest BCUT2D eigenvalue weighted by molar-refractivity contribution is -0.137. The van der Waals surface area contributed by atoms with E-state index >= 15 is 0 Å². The highest BCUT2D eigenvalue weighted by molar-refractivity contribution is 5.66. The summed E-state index contributed by atoms with van der Waals surface area (Å²) < 4.78 is 5.76. The normalized spacial score (nSPS) is 11.7. The molecule has 0 bridgehead atoms. The summed E-state index contributed by atoms with van der Waals surface area (Å²) in [5, 5.41) is 8.81. The summed E-state index contributed by atoms with van der Waals surface area (Å²) in [6.07, 6.45) is 13.6. The summed E-state index contributed by atoms with van der Waals surface area (Å²) in [6, 6.07) is 0. The van der Waals surface area contributed by atoms with Gasteiger partial charge in [0.05, 0.1) is 0 Å². The molecule has 0 radical (unpaired) electrons. The molecule has 0 aromatic heterocycles. The van der Waals surface area contributed by atoms with Crippen molar-refractivity contribution in [1.82, 2.24) is 0 Å². The molecule has 134 valence electrons. The Kier molecular flexibility index (Phi) is 16.6. The Hall–Kier alpha value is -1.01. The van der Waals surface area contributed by atoms with Crippen LogP contribution in [-0.4, -0.2) is 23.8 Å². The van der Waals surface area contributed by atoms with Crippen LogP contribution in [0.1, 0.15) is 97.3 Å². The maximum Gasteiger partial charge on any atom is 0.303 e. The zero-order chi connectivity index (χ0) is 17.2. The highest BCUT2D eigenvalue weighted by Crippen LogP contribution is 2.08. The first kappa shape index (κ1) is 22.0. The number of carboxylic acid groups (broad SMARTS) is 1. The molecule has 0 aromatic rings. The van der Waals surface area contributed by atoms with E-state index in [1.54, 1.807) is 0 Å². The molecule has 0 rings (SSSR count). The third-order valence-corrected chi connectivity index (χ3v) is 3.86. The van der Waals surface area contributed by atoms with Gasteiger partial charge in [-0.15, -0.1) is 5.92 Å². The van der Waals surface area contributed by atoms with Crippen LogP contribution in [0.2, 0.25) is 0 Å². The summed E-state index contributed by atoms with van der Waals surface area (Å²) in [5.41, 5.74) is 0. The van der Waals surface area contributed by atoms with Crippen molar-refractivity contribution in [1.29, 1.82) is 0 Å². The van der Waals surface area contributed by atoms with Gasteiger partial charge in [-0.1, -0.05) is 71.1 Å². The predicted molar refractivity (Wildman–Crippen MR) is 96.5 cm³/mol. The molecule has 23 heavy (non-hydrogen) atoms. The molecule has 0 spiro atoms. The van der Waals surface area contributed by atoms with Gasteiger partial charge in [0.1, 0.15) is 6.10 Å². The molecule has 0 heterocycles. The van der Waals surface area contributed by atoms with Crippen molar-refractivity contribution in [2.45, 2.75) is 103 Å². The average molecular weight is 325 g/mol. The van der Waals surface area contributed by atoms with E-state index < -0.39 is 5.97 Å². The number of hydrogen-bond donors (Lipinski definition) is 1. The molecule has 0 unspecified atom stereocenters. The van der Waals surface area contributed by atoms with Crippen LogP contribution in [0.5, 0.6) is 0 Å². The standard InChI is InChI=1S/C20H36O3/c1-3-5-7-9-10-11-12-13-15-19(16-17-20(21)22)23-18-14-8-6-4-2/h19H,3-12,14,16-18H2,1-2H3,(H,21,22)/t19-/m1/s1. The third kappa shape index (κ3) is 17.2. The molecule has 0 fully saturated rings. The quantitative estimate of drug-likeness (QED) is 0.316. The molecule has 0 aromatic carbocycles. The topological polar surface area (TPSA) is 46.5 Å². The van der Waals surface area contributed by atoms with Gasteiger partial charge in [-0.3, -0.25) is 4.79 Å². The van der Waals surface area contributed by atoms with Gasteiger partial charge in [-0.25, -0.2) is 0 Å². The Balaban J connectivity index is 3.90. The smallest absolute Gasteiger partial charge is 0.303 e. The maximum atomic E-state index is 10.7. The van der Waals surface area contributed by atoms with Crippen LogP contribution < -0.4 is 0 Å². The van der Waals surface area contributed by atoms with Gasteiger partial charge in [-0.05, 0) is 19.3 Å². The van der Waals surface area contributed by atoms with Gasteiger partial charge in [0, 0.05) is 19.4 Å². The van der Waals surface area contributed by atoms with Crippen molar-refractivity contribution in [3.63, 3.8) is 0 Å².